The predicted molar refractivity (Wildman–Crippen MR) is 61.9 cm³/mol. The number of rotatable bonds is 4. The summed E-state index contributed by atoms with van der Waals surface area (Å²) in [5.41, 5.74) is 0. The van der Waals surface area contributed by atoms with Gasteiger partial charge in [0.25, 0.3) is 0 Å². The van der Waals surface area contributed by atoms with Crippen LogP contribution in [0.3, 0.4) is 0 Å². The number of nitrogens with zero attached hydrogens (tertiary/aromatic N) is 2. The van der Waals surface area contributed by atoms with Crippen LogP contribution in [0, 0.1) is 11.3 Å². The molecule has 1 fully saturated rings. The third-order valence-corrected chi connectivity index (χ3v) is 2.64. The summed E-state index contributed by atoms with van der Waals surface area (Å²) in [5.74, 6) is -1.42. The molecule has 1 aliphatic heterocycles. The molecule has 0 aromatic carbocycles. The van der Waals surface area contributed by atoms with Gasteiger partial charge in [0.1, 0.15) is 6.54 Å². The Kier molecular flexibility index (Phi) is 5.43. The third kappa shape index (κ3) is 4.83. The minimum atomic E-state index is -0.750. The van der Waals surface area contributed by atoms with Crippen molar-refractivity contribution in [3.05, 3.63) is 0 Å². The van der Waals surface area contributed by atoms with Gasteiger partial charge in [0.15, 0.2) is 0 Å². The monoisotopic (exact) mass is 238 g/mol. The van der Waals surface area contributed by atoms with Gasteiger partial charge < -0.3 is 15.5 Å². The summed E-state index contributed by atoms with van der Waals surface area (Å²) >= 11 is 0. The van der Waals surface area contributed by atoms with E-state index in [-0.39, 0.29) is 12.6 Å². The zero-order valence-corrected chi connectivity index (χ0v) is 10.0. The van der Waals surface area contributed by atoms with E-state index in [1.807, 2.05) is 6.92 Å². The molecule has 17 heavy (non-hydrogen) atoms. The Morgan fingerprint density at radius 3 is 2.59 bits per heavy atom. The smallest absolute Gasteiger partial charge is 0.310 e. The molecule has 0 radical (unpaired) electrons. The molecule has 0 aliphatic carbocycles. The van der Waals surface area contributed by atoms with Gasteiger partial charge in [-0.1, -0.05) is 0 Å². The highest BCUT2D eigenvalue weighted by molar-refractivity contribution is 6.35. The summed E-state index contributed by atoms with van der Waals surface area (Å²) in [4.78, 5) is 24.8. The molecule has 1 aliphatic rings. The molecule has 1 saturated heterocycles. The Morgan fingerprint density at radius 1 is 1.35 bits per heavy atom. The number of hydrogen-bond donors (Lipinski definition) is 2. The first-order valence-electron chi connectivity index (χ1n) is 5.81. The second-order valence-corrected chi connectivity index (χ2v) is 4.22. The van der Waals surface area contributed by atoms with Crippen LogP contribution < -0.4 is 10.6 Å². The molecule has 1 atom stereocenters. The lowest BCUT2D eigenvalue weighted by Crippen LogP contribution is -2.47. The molecule has 6 heteroatoms. The van der Waals surface area contributed by atoms with Crippen LogP contribution in [-0.4, -0.2) is 48.9 Å². The average molecular weight is 238 g/mol. The Balaban J connectivity index is 2.24. The van der Waals surface area contributed by atoms with Crippen LogP contribution in [0.4, 0.5) is 0 Å². The highest BCUT2D eigenvalue weighted by Crippen LogP contribution is 2.07. The fourth-order valence-electron chi connectivity index (χ4n) is 1.89. The number of amides is 2. The fourth-order valence-corrected chi connectivity index (χ4v) is 1.89. The van der Waals surface area contributed by atoms with E-state index in [0.29, 0.717) is 0 Å². The van der Waals surface area contributed by atoms with Gasteiger partial charge in [-0.05, 0) is 32.9 Å². The molecular weight excluding hydrogens is 220 g/mol. The molecule has 0 saturated carbocycles. The van der Waals surface area contributed by atoms with Gasteiger partial charge >= 0.3 is 11.8 Å². The Labute approximate surface area is 101 Å². The van der Waals surface area contributed by atoms with Crippen molar-refractivity contribution in [3.63, 3.8) is 0 Å². The van der Waals surface area contributed by atoms with Gasteiger partial charge in [-0.3, -0.25) is 9.59 Å². The van der Waals surface area contributed by atoms with Crippen LogP contribution in [0.1, 0.15) is 19.8 Å². The minimum Gasteiger partial charge on any atom is -0.344 e. The maximum Gasteiger partial charge on any atom is 0.310 e. The van der Waals surface area contributed by atoms with Crippen LogP contribution in [0.15, 0.2) is 0 Å². The van der Waals surface area contributed by atoms with Crippen molar-refractivity contribution in [2.24, 2.45) is 0 Å². The van der Waals surface area contributed by atoms with Gasteiger partial charge in [-0.15, -0.1) is 0 Å². The van der Waals surface area contributed by atoms with Crippen molar-refractivity contribution in [2.75, 3.05) is 26.2 Å². The number of hydrogen-bond acceptors (Lipinski definition) is 4. The second kappa shape index (κ2) is 6.86. The van der Waals surface area contributed by atoms with E-state index in [9.17, 15) is 9.59 Å². The van der Waals surface area contributed by atoms with Gasteiger partial charge in [0.05, 0.1) is 6.07 Å². The number of nitrogens with one attached hydrogen (secondary N) is 2. The third-order valence-electron chi connectivity index (χ3n) is 2.64. The van der Waals surface area contributed by atoms with Crippen LogP contribution in [0.5, 0.6) is 0 Å². The van der Waals surface area contributed by atoms with Crippen molar-refractivity contribution >= 4 is 11.8 Å². The zero-order chi connectivity index (χ0) is 12.7. The number of carbonyl (C=O) groups excluding carboxylic acids is 2. The molecule has 2 N–H and O–H groups in total. The summed E-state index contributed by atoms with van der Waals surface area (Å²) in [6.07, 6.45) is 2.40. The molecule has 0 aromatic heterocycles. The quantitative estimate of drug-likeness (QED) is 0.497. The van der Waals surface area contributed by atoms with Crippen molar-refractivity contribution in [1.29, 1.82) is 5.26 Å². The normalized spacial score (nSPS) is 17.2. The first-order valence-corrected chi connectivity index (χ1v) is 5.81. The van der Waals surface area contributed by atoms with E-state index < -0.39 is 11.8 Å². The Bertz CT molecular complexity index is 318. The van der Waals surface area contributed by atoms with Gasteiger partial charge in [0.2, 0.25) is 0 Å². The second-order valence-electron chi connectivity index (χ2n) is 4.22. The molecule has 0 bridgehead atoms. The number of likely N-dealkylation sites (tertiary alicyclic amines) is 1. The lowest BCUT2D eigenvalue weighted by Gasteiger charge is -2.20. The summed E-state index contributed by atoms with van der Waals surface area (Å²) in [6.45, 7) is 4.60. The standard InChI is InChI=1S/C11H18N4O2/c1-9(8-15-6-2-3-7-15)14-11(17)10(16)13-5-4-12/h9H,2-3,5-8H2,1H3,(H,13,16)(H,14,17). The molecule has 94 valence electrons. The SMILES string of the molecule is CC(CN1CCCC1)NC(=O)C(=O)NCC#N. The zero-order valence-electron chi connectivity index (χ0n) is 10.0. The maximum absolute atomic E-state index is 11.4. The van der Waals surface area contributed by atoms with Gasteiger partial charge in [-0.25, -0.2) is 0 Å². The van der Waals surface area contributed by atoms with E-state index in [1.165, 1.54) is 12.8 Å². The Hall–Kier alpha value is -1.61. The lowest BCUT2D eigenvalue weighted by atomic mass is 10.3. The van der Waals surface area contributed by atoms with E-state index in [2.05, 4.69) is 15.5 Å². The molecule has 6 nitrogen and oxygen atoms in total. The average Bonchev–Trinajstić information content (AvgIpc) is 2.78. The van der Waals surface area contributed by atoms with Crippen LogP contribution in [-0.2, 0) is 9.59 Å². The fraction of sp³-hybridized carbons (Fsp3) is 0.727. The van der Waals surface area contributed by atoms with Crippen LogP contribution in [0.25, 0.3) is 0 Å². The van der Waals surface area contributed by atoms with Crippen molar-refractivity contribution < 1.29 is 9.59 Å². The van der Waals surface area contributed by atoms with E-state index in [0.717, 1.165) is 19.6 Å². The van der Waals surface area contributed by atoms with E-state index in [4.69, 9.17) is 5.26 Å². The summed E-state index contributed by atoms with van der Waals surface area (Å²) in [7, 11) is 0. The van der Waals surface area contributed by atoms with Crippen molar-refractivity contribution in [1.82, 2.24) is 15.5 Å². The van der Waals surface area contributed by atoms with Crippen LogP contribution >= 0.6 is 0 Å². The van der Waals surface area contributed by atoms with Crippen molar-refractivity contribution in [2.45, 2.75) is 25.8 Å². The minimum absolute atomic E-state index is 0.0616. The molecule has 0 spiro atoms. The largest absolute Gasteiger partial charge is 0.344 e. The first kappa shape index (κ1) is 13.5. The van der Waals surface area contributed by atoms with Gasteiger partial charge in [0, 0.05) is 12.6 Å². The molecule has 1 heterocycles. The van der Waals surface area contributed by atoms with Crippen molar-refractivity contribution in [3.8, 4) is 6.07 Å². The molecule has 1 rings (SSSR count). The molecular formula is C11H18N4O2. The highest BCUT2D eigenvalue weighted by atomic mass is 16.2. The first-order chi connectivity index (χ1) is 8.13. The lowest BCUT2D eigenvalue weighted by molar-refractivity contribution is -0.139. The summed E-state index contributed by atoms with van der Waals surface area (Å²) < 4.78 is 0. The molecule has 0 aromatic rings. The van der Waals surface area contributed by atoms with E-state index in [1.54, 1.807) is 6.07 Å². The number of nitriles is 1. The van der Waals surface area contributed by atoms with Gasteiger partial charge in [-0.2, -0.15) is 5.26 Å². The topological polar surface area (TPSA) is 85.2 Å². The van der Waals surface area contributed by atoms with E-state index >= 15 is 0 Å². The van der Waals surface area contributed by atoms with Crippen LogP contribution in [0.2, 0.25) is 0 Å². The summed E-state index contributed by atoms with van der Waals surface area (Å²) in [6, 6.07) is 1.68. The highest BCUT2D eigenvalue weighted by Gasteiger charge is 2.19. The maximum atomic E-state index is 11.4. The predicted octanol–water partition coefficient (Wildman–Crippen LogP) is -0.773. The summed E-state index contributed by atoms with van der Waals surface area (Å²) in [5, 5.41) is 13.1. The molecule has 2 amide bonds. The number of carbonyl (C=O) groups is 2. The Morgan fingerprint density at radius 2 is 2.00 bits per heavy atom. The molecule has 1 unspecified atom stereocenters.